The Morgan fingerprint density at radius 3 is 2.54 bits per heavy atom. The van der Waals surface area contributed by atoms with Crippen LogP contribution in [0.15, 0.2) is 15.9 Å². The second-order valence-electron chi connectivity index (χ2n) is 5.76. The van der Waals surface area contributed by atoms with Gasteiger partial charge in [0.2, 0.25) is 5.91 Å². The molecule has 0 spiro atoms. The molecule has 0 saturated carbocycles. The summed E-state index contributed by atoms with van der Waals surface area (Å²) >= 11 is 0. The predicted molar refractivity (Wildman–Crippen MR) is 93.1 cm³/mol. The first-order valence-electron chi connectivity index (χ1n) is 7.35. The Morgan fingerprint density at radius 1 is 1.25 bits per heavy atom. The molecule has 1 amide bonds. The fourth-order valence-electron chi connectivity index (χ4n) is 2.35. The van der Waals surface area contributed by atoms with E-state index in [9.17, 15) is 14.4 Å². The van der Waals surface area contributed by atoms with E-state index in [1.165, 1.54) is 22.5 Å². The third-order valence-electron chi connectivity index (χ3n) is 3.64. The highest BCUT2D eigenvalue weighted by Crippen LogP contribution is 2.04. The van der Waals surface area contributed by atoms with E-state index in [-0.39, 0.29) is 31.0 Å². The average Bonchev–Trinajstić information content (AvgIpc) is 2.91. The van der Waals surface area contributed by atoms with E-state index in [1.807, 2.05) is 19.0 Å². The van der Waals surface area contributed by atoms with Crippen LogP contribution >= 0.6 is 0 Å². The van der Waals surface area contributed by atoms with Crippen LogP contribution in [0.5, 0.6) is 0 Å². The summed E-state index contributed by atoms with van der Waals surface area (Å²) in [5.74, 6) is -0.195. The SMILES string of the molecule is C.CN(C)CCCNC(=O)Cn1cnc2c1c(=O)n(C)c(=O)n2C. The van der Waals surface area contributed by atoms with Gasteiger partial charge in [-0.25, -0.2) is 9.78 Å². The van der Waals surface area contributed by atoms with Crippen molar-refractivity contribution >= 4 is 17.1 Å². The average molecular weight is 338 g/mol. The van der Waals surface area contributed by atoms with Crippen molar-refractivity contribution in [1.82, 2.24) is 28.9 Å². The minimum absolute atomic E-state index is 0. The number of imidazole rings is 1. The van der Waals surface area contributed by atoms with Gasteiger partial charge in [-0.15, -0.1) is 0 Å². The van der Waals surface area contributed by atoms with Gasteiger partial charge in [0, 0.05) is 20.6 Å². The number of carbonyl (C=O) groups is 1. The van der Waals surface area contributed by atoms with Gasteiger partial charge in [-0.2, -0.15) is 0 Å². The van der Waals surface area contributed by atoms with Gasteiger partial charge in [0.15, 0.2) is 11.2 Å². The zero-order chi connectivity index (χ0) is 17.1. The van der Waals surface area contributed by atoms with Crippen molar-refractivity contribution < 1.29 is 4.79 Å². The molecule has 2 heterocycles. The highest BCUT2D eigenvalue weighted by atomic mass is 16.2. The summed E-state index contributed by atoms with van der Waals surface area (Å²) in [7, 11) is 6.89. The number of amides is 1. The van der Waals surface area contributed by atoms with E-state index in [2.05, 4.69) is 10.3 Å². The predicted octanol–water partition coefficient (Wildman–Crippen LogP) is -0.862. The van der Waals surface area contributed by atoms with E-state index < -0.39 is 11.2 Å². The number of hydrogen-bond donors (Lipinski definition) is 1. The highest BCUT2D eigenvalue weighted by molar-refractivity contribution is 5.78. The van der Waals surface area contributed by atoms with Crippen LogP contribution in [0.4, 0.5) is 0 Å². The first kappa shape index (κ1) is 19.6. The fourth-order valence-corrected chi connectivity index (χ4v) is 2.35. The van der Waals surface area contributed by atoms with Crippen molar-refractivity contribution in [1.29, 1.82) is 0 Å². The molecule has 0 fully saturated rings. The molecular formula is C15H26N6O3. The van der Waals surface area contributed by atoms with Gasteiger partial charge in [-0.3, -0.25) is 18.7 Å². The standard InChI is InChI=1S/C14H22N6O3.CH4/c1-17(2)7-5-6-15-10(21)8-20-9-16-12-11(20)13(22)19(4)14(23)18(12)3;/h9H,5-8H2,1-4H3,(H,15,21);1H4. The zero-order valence-corrected chi connectivity index (χ0v) is 13.9. The molecule has 2 rings (SSSR count). The van der Waals surface area contributed by atoms with Gasteiger partial charge < -0.3 is 14.8 Å². The van der Waals surface area contributed by atoms with Crippen LogP contribution in [0.3, 0.4) is 0 Å². The van der Waals surface area contributed by atoms with Crippen molar-refractivity contribution in [3.8, 4) is 0 Å². The Balaban J connectivity index is 0.00000288. The van der Waals surface area contributed by atoms with E-state index in [0.717, 1.165) is 17.5 Å². The maximum atomic E-state index is 12.3. The molecule has 0 saturated heterocycles. The lowest BCUT2D eigenvalue weighted by Crippen LogP contribution is -2.38. The van der Waals surface area contributed by atoms with Gasteiger partial charge in [0.25, 0.3) is 5.56 Å². The van der Waals surface area contributed by atoms with Crippen LogP contribution in [-0.2, 0) is 25.4 Å². The minimum Gasteiger partial charge on any atom is -0.355 e. The van der Waals surface area contributed by atoms with E-state index in [1.54, 1.807) is 7.05 Å². The molecule has 2 aromatic rings. The second-order valence-corrected chi connectivity index (χ2v) is 5.76. The summed E-state index contributed by atoms with van der Waals surface area (Å²) in [4.78, 5) is 42.2. The second kappa shape index (κ2) is 7.91. The zero-order valence-electron chi connectivity index (χ0n) is 13.9. The number of rotatable bonds is 6. The summed E-state index contributed by atoms with van der Waals surface area (Å²) in [6.07, 6.45) is 2.25. The van der Waals surface area contributed by atoms with Gasteiger partial charge in [-0.1, -0.05) is 7.43 Å². The summed E-state index contributed by atoms with van der Waals surface area (Å²) in [6, 6.07) is 0. The monoisotopic (exact) mass is 338 g/mol. The molecule has 0 bridgehead atoms. The molecule has 0 aliphatic heterocycles. The van der Waals surface area contributed by atoms with Gasteiger partial charge in [-0.05, 0) is 27.1 Å². The Bertz CT molecular complexity index is 830. The van der Waals surface area contributed by atoms with Crippen LogP contribution in [0.2, 0.25) is 0 Å². The number of aryl methyl sites for hydroxylation is 1. The number of aromatic nitrogens is 4. The summed E-state index contributed by atoms with van der Waals surface area (Å²) < 4.78 is 3.77. The Kier molecular flexibility index (Phi) is 6.47. The van der Waals surface area contributed by atoms with Crippen molar-refractivity contribution in [3.63, 3.8) is 0 Å². The molecule has 9 nitrogen and oxygen atoms in total. The van der Waals surface area contributed by atoms with Crippen molar-refractivity contribution in [3.05, 3.63) is 27.2 Å². The van der Waals surface area contributed by atoms with Crippen LogP contribution in [-0.4, -0.2) is 56.7 Å². The lowest BCUT2D eigenvalue weighted by atomic mass is 10.4. The highest BCUT2D eigenvalue weighted by Gasteiger charge is 2.15. The van der Waals surface area contributed by atoms with Crippen LogP contribution in [0.25, 0.3) is 11.2 Å². The normalized spacial score (nSPS) is 10.9. The molecule has 1 N–H and O–H groups in total. The third-order valence-corrected chi connectivity index (χ3v) is 3.64. The van der Waals surface area contributed by atoms with Crippen LogP contribution in [0.1, 0.15) is 13.8 Å². The molecule has 134 valence electrons. The quantitative estimate of drug-likeness (QED) is 0.692. The van der Waals surface area contributed by atoms with Crippen LogP contribution in [0, 0.1) is 0 Å². The van der Waals surface area contributed by atoms with Crippen LogP contribution < -0.4 is 16.6 Å². The molecule has 0 aromatic carbocycles. The van der Waals surface area contributed by atoms with Gasteiger partial charge in [0.05, 0.1) is 6.33 Å². The fraction of sp³-hybridized carbons (Fsp3) is 0.600. The van der Waals surface area contributed by atoms with E-state index in [4.69, 9.17) is 0 Å². The molecule has 0 atom stereocenters. The summed E-state index contributed by atoms with van der Waals surface area (Å²) in [5, 5.41) is 2.81. The lowest BCUT2D eigenvalue weighted by Gasteiger charge is -2.10. The maximum Gasteiger partial charge on any atom is 0.332 e. The summed E-state index contributed by atoms with van der Waals surface area (Å²) in [5.41, 5.74) is -0.376. The molecular weight excluding hydrogens is 312 g/mol. The first-order chi connectivity index (χ1) is 10.8. The largest absolute Gasteiger partial charge is 0.355 e. The topological polar surface area (TPSA) is 94.2 Å². The smallest absolute Gasteiger partial charge is 0.332 e. The van der Waals surface area contributed by atoms with Crippen molar-refractivity contribution in [2.75, 3.05) is 27.2 Å². The Hall–Kier alpha value is -2.42. The lowest BCUT2D eigenvalue weighted by molar-refractivity contribution is -0.121. The van der Waals surface area contributed by atoms with Gasteiger partial charge in [0.1, 0.15) is 6.54 Å². The van der Waals surface area contributed by atoms with E-state index in [0.29, 0.717) is 6.54 Å². The number of nitrogens with one attached hydrogen (secondary N) is 1. The Morgan fingerprint density at radius 2 is 1.92 bits per heavy atom. The Labute approximate surface area is 140 Å². The van der Waals surface area contributed by atoms with Crippen molar-refractivity contribution in [2.45, 2.75) is 20.4 Å². The van der Waals surface area contributed by atoms with E-state index >= 15 is 0 Å². The molecule has 0 radical (unpaired) electrons. The molecule has 0 aliphatic carbocycles. The molecule has 24 heavy (non-hydrogen) atoms. The summed E-state index contributed by atoms with van der Waals surface area (Å²) in [6.45, 7) is 1.45. The minimum atomic E-state index is -0.457. The third kappa shape index (κ3) is 3.91. The first-order valence-corrected chi connectivity index (χ1v) is 7.35. The number of nitrogens with zero attached hydrogens (tertiary/aromatic N) is 5. The molecule has 2 aromatic heterocycles. The molecule has 9 heteroatoms. The van der Waals surface area contributed by atoms with Gasteiger partial charge >= 0.3 is 5.69 Å². The number of fused-ring (bicyclic) bond motifs is 1. The maximum absolute atomic E-state index is 12.3. The van der Waals surface area contributed by atoms with Crippen molar-refractivity contribution in [2.24, 2.45) is 14.1 Å². The molecule has 0 aliphatic rings. The number of carbonyl (C=O) groups excluding carboxylic acids is 1. The number of hydrogen-bond acceptors (Lipinski definition) is 5. The molecule has 0 unspecified atom stereocenters.